The molecule has 14 heavy (non-hydrogen) atoms. The zero-order valence-electron chi connectivity index (χ0n) is 8.03. The van der Waals surface area contributed by atoms with Gasteiger partial charge in [0.15, 0.2) is 5.43 Å². The Balaban J connectivity index is 1.99. The second-order valence-electron chi connectivity index (χ2n) is 3.44. The van der Waals surface area contributed by atoms with Crippen LogP contribution in [0.1, 0.15) is 5.69 Å². The number of morpholine rings is 1. The van der Waals surface area contributed by atoms with E-state index in [9.17, 15) is 4.79 Å². The van der Waals surface area contributed by atoms with Crippen molar-refractivity contribution < 1.29 is 4.74 Å². The fraction of sp³-hybridized carbons (Fsp3) is 0.500. The lowest BCUT2D eigenvalue weighted by molar-refractivity contribution is 0.0336. The molecule has 1 N–H and O–H groups in total. The van der Waals surface area contributed by atoms with E-state index < -0.39 is 0 Å². The SMILES string of the molecule is O=c1cc[nH]c(CN2CCOCC2)c1. The highest BCUT2D eigenvalue weighted by Gasteiger charge is 2.10. The number of hydrogen-bond acceptors (Lipinski definition) is 3. The predicted molar refractivity (Wildman–Crippen MR) is 53.2 cm³/mol. The minimum Gasteiger partial charge on any atom is -0.379 e. The predicted octanol–water partition coefficient (Wildman–Crippen LogP) is 0.207. The molecule has 0 atom stereocenters. The maximum Gasteiger partial charge on any atom is 0.181 e. The summed E-state index contributed by atoms with van der Waals surface area (Å²) in [6, 6.07) is 3.18. The van der Waals surface area contributed by atoms with Crippen LogP contribution in [0.5, 0.6) is 0 Å². The monoisotopic (exact) mass is 194 g/mol. The van der Waals surface area contributed by atoms with Crippen LogP contribution in [0, 0.1) is 0 Å². The zero-order valence-corrected chi connectivity index (χ0v) is 8.03. The van der Waals surface area contributed by atoms with Crippen molar-refractivity contribution in [3.05, 3.63) is 34.2 Å². The third-order valence-electron chi connectivity index (χ3n) is 2.33. The molecule has 0 saturated carbocycles. The Kier molecular flexibility index (Phi) is 2.96. The van der Waals surface area contributed by atoms with E-state index >= 15 is 0 Å². The summed E-state index contributed by atoms with van der Waals surface area (Å²) in [5.41, 5.74) is 1.03. The summed E-state index contributed by atoms with van der Waals surface area (Å²) < 4.78 is 5.25. The molecule has 1 aliphatic rings. The molecule has 2 rings (SSSR count). The molecule has 0 bridgehead atoms. The average Bonchev–Trinajstić information content (AvgIpc) is 2.19. The Hall–Kier alpha value is -1.13. The molecule has 1 fully saturated rings. The highest BCUT2D eigenvalue weighted by Crippen LogP contribution is 2.02. The maximum absolute atomic E-state index is 11.1. The normalized spacial score (nSPS) is 18.3. The van der Waals surface area contributed by atoms with Crippen molar-refractivity contribution >= 4 is 0 Å². The molecule has 76 valence electrons. The van der Waals surface area contributed by atoms with Crippen molar-refractivity contribution in [2.75, 3.05) is 26.3 Å². The Morgan fingerprint density at radius 2 is 2.21 bits per heavy atom. The van der Waals surface area contributed by atoms with Crippen LogP contribution in [0.15, 0.2) is 23.1 Å². The standard InChI is InChI=1S/C10H14N2O2/c13-10-1-2-11-9(7-10)8-12-3-5-14-6-4-12/h1-2,7H,3-6,8H2,(H,11,13). The van der Waals surface area contributed by atoms with Gasteiger partial charge in [0.05, 0.1) is 13.2 Å². The summed E-state index contributed by atoms with van der Waals surface area (Å²) in [6.07, 6.45) is 1.69. The molecule has 0 amide bonds. The van der Waals surface area contributed by atoms with E-state index in [1.807, 2.05) is 0 Å². The lowest BCUT2D eigenvalue weighted by atomic mass is 10.3. The van der Waals surface area contributed by atoms with Crippen molar-refractivity contribution in [3.63, 3.8) is 0 Å². The van der Waals surface area contributed by atoms with Gasteiger partial charge in [0.25, 0.3) is 0 Å². The fourth-order valence-corrected chi connectivity index (χ4v) is 1.58. The number of ether oxygens (including phenoxy) is 1. The van der Waals surface area contributed by atoms with Gasteiger partial charge in [-0.3, -0.25) is 9.69 Å². The van der Waals surface area contributed by atoms with Gasteiger partial charge in [0.2, 0.25) is 0 Å². The Morgan fingerprint density at radius 1 is 1.43 bits per heavy atom. The minimum absolute atomic E-state index is 0.0620. The molecule has 0 radical (unpaired) electrons. The first-order chi connectivity index (χ1) is 6.84. The quantitative estimate of drug-likeness (QED) is 0.732. The van der Waals surface area contributed by atoms with E-state index in [1.165, 1.54) is 6.07 Å². The summed E-state index contributed by atoms with van der Waals surface area (Å²) in [4.78, 5) is 16.4. The lowest BCUT2D eigenvalue weighted by Crippen LogP contribution is -2.36. The van der Waals surface area contributed by atoms with Crippen LogP contribution in [0.2, 0.25) is 0 Å². The van der Waals surface area contributed by atoms with E-state index in [2.05, 4.69) is 9.88 Å². The van der Waals surface area contributed by atoms with E-state index in [4.69, 9.17) is 4.74 Å². The summed E-state index contributed by atoms with van der Waals surface area (Å²) in [6.45, 7) is 4.27. The van der Waals surface area contributed by atoms with Crippen molar-refractivity contribution in [2.24, 2.45) is 0 Å². The number of pyridine rings is 1. The van der Waals surface area contributed by atoms with E-state index in [0.29, 0.717) is 0 Å². The average molecular weight is 194 g/mol. The van der Waals surface area contributed by atoms with Crippen LogP contribution >= 0.6 is 0 Å². The van der Waals surface area contributed by atoms with Gasteiger partial charge in [-0.2, -0.15) is 0 Å². The highest BCUT2D eigenvalue weighted by molar-refractivity contribution is 5.04. The molecule has 0 spiro atoms. The van der Waals surface area contributed by atoms with E-state index in [0.717, 1.165) is 38.5 Å². The van der Waals surface area contributed by atoms with Crippen LogP contribution in [-0.4, -0.2) is 36.2 Å². The van der Waals surface area contributed by atoms with Gasteiger partial charge in [-0.15, -0.1) is 0 Å². The summed E-state index contributed by atoms with van der Waals surface area (Å²) in [5.74, 6) is 0. The molecule has 0 unspecified atom stereocenters. The molecule has 1 aliphatic heterocycles. The van der Waals surface area contributed by atoms with E-state index in [1.54, 1.807) is 12.3 Å². The van der Waals surface area contributed by atoms with Gasteiger partial charge in [-0.1, -0.05) is 0 Å². The first-order valence-electron chi connectivity index (χ1n) is 4.82. The van der Waals surface area contributed by atoms with Gasteiger partial charge in [-0.25, -0.2) is 0 Å². The van der Waals surface area contributed by atoms with E-state index in [-0.39, 0.29) is 5.43 Å². The summed E-state index contributed by atoms with van der Waals surface area (Å²) in [5, 5.41) is 0. The van der Waals surface area contributed by atoms with Crippen molar-refractivity contribution in [2.45, 2.75) is 6.54 Å². The Bertz CT molecular complexity index is 342. The second-order valence-corrected chi connectivity index (χ2v) is 3.44. The van der Waals surface area contributed by atoms with Crippen LogP contribution < -0.4 is 5.43 Å². The number of rotatable bonds is 2. The first kappa shape index (κ1) is 9.43. The van der Waals surface area contributed by atoms with Gasteiger partial charge >= 0.3 is 0 Å². The van der Waals surface area contributed by atoms with Crippen LogP contribution in [-0.2, 0) is 11.3 Å². The largest absolute Gasteiger partial charge is 0.379 e. The lowest BCUT2D eigenvalue weighted by Gasteiger charge is -2.26. The maximum atomic E-state index is 11.1. The molecule has 2 heterocycles. The number of H-pyrrole nitrogens is 1. The molecule has 4 nitrogen and oxygen atoms in total. The van der Waals surface area contributed by atoms with Gasteiger partial charge in [-0.05, 0) is 0 Å². The number of hydrogen-bond donors (Lipinski definition) is 1. The number of nitrogens with one attached hydrogen (secondary N) is 1. The Labute approximate surface area is 82.5 Å². The molecule has 1 saturated heterocycles. The molecule has 0 aromatic carbocycles. The van der Waals surface area contributed by atoms with Crippen LogP contribution in [0.4, 0.5) is 0 Å². The molecule has 1 aromatic heterocycles. The smallest absolute Gasteiger partial charge is 0.181 e. The van der Waals surface area contributed by atoms with Crippen LogP contribution in [0.3, 0.4) is 0 Å². The van der Waals surface area contributed by atoms with Crippen LogP contribution in [0.25, 0.3) is 0 Å². The van der Waals surface area contributed by atoms with Crippen molar-refractivity contribution in [1.29, 1.82) is 0 Å². The summed E-state index contributed by atoms with van der Waals surface area (Å²) in [7, 11) is 0. The van der Waals surface area contributed by atoms with Gasteiger partial charge < -0.3 is 9.72 Å². The number of aromatic nitrogens is 1. The molecular weight excluding hydrogens is 180 g/mol. The van der Waals surface area contributed by atoms with Gasteiger partial charge in [0, 0.05) is 43.7 Å². The Morgan fingerprint density at radius 3 is 2.93 bits per heavy atom. The fourth-order valence-electron chi connectivity index (χ4n) is 1.58. The van der Waals surface area contributed by atoms with Crippen molar-refractivity contribution in [1.82, 2.24) is 9.88 Å². The first-order valence-corrected chi connectivity index (χ1v) is 4.82. The highest BCUT2D eigenvalue weighted by atomic mass is 16.5. The number of nitrogens with zero attached hydrogens (tertiary/aromatic N) is 1. The molecular formula is C10H14N2O2. The molecule has 0 aliphatic carbocycles. The zero-order chi connectivity index (χ0) is 9.80. The van der Waals surface area contributed by atoms with Crippen molar-refractivity contribution in [3.8, 4) is 0 Å². The topological polar surface area (TPSA) is 45.3 Å². The summed E-state index contributed by atoms with van der Waals surface area (Å²) >= 11 is 0. The third-order valence-corrected chi connectivity index (χ3v) is 2.33. The second kappa shape index (κ2) is 4.39. The van der Waals surface area contributed by atoms with Gasteiger partial charge in [0.1, 0.15) is 0 Å². The third kappa shape index (κ3) is 2.43. The minimum atomic E-state index is 0.0620. The molecule has 4 heteroatoms. The number of aromatic amines is 1. The molecule has 1 aromatic rings.